The highest BCUT2D eigenvalue weighted by Crippen LogP contribution is 2.48. The van der Waals surface area contributed by atoms with Gasteiger partial charge in [-0.25, -0.2) is 8.78 Å². The maximum Gasteiger partial charge on any atom is 0.225 e. The highest BCUT2D eigenvalue weighted by atomic mass is 35.5. The predicted octanol–water partition coefficient (Wildman–Crippen LogP) is 4.76. The van der Waals surface area contributed by atoms with E-state index in [0.717, 1.165) is 12.1 Å². The molecule has 0 radical (unpaired) electrons. The molecule has 0 heterocycles. The number of benzene rings is 2. The topological polar surface area (TPSA) is 52.9 Å². The number of halogens is 4. The molecular formula is C18H12Cl2F2N2O. The fourth-order valence-electron chi connectivity index (χ4n) is 2.73. The van der Waals surface area contributed by atoms with Crippen LogP contribution in [0.3, 0.4) is 0 Å². The molecule has 2 aromatic carbocycles. The van der Waals surface area contributed by atoms with Crippen LogP contribution < -0.4 is 5.32 Å². The third kappa shape index (κ3) is 3.76. The lowest BCUT2D eigenvalue weighted by molar-refractivity contribution is -0.122. The molecular weight excluding hydrogens is 369 g/mol. The van der Waals surface area contributed by atoms with Crippen molar-refractivity contribution in [2.75, 3.05) is 0 Å². The van der Waals surface area contributed by atoms with Gasteiger partial charge in [-0.15, -0.1) is 0 Å². The molecule has 0 bridgehead atoms. The summed E-state index contributed by atoms with van der Waals surface area (Å²) in [6.45, 7) is 0. The number of carbonyl (C=O) groups is 1. The van der Waals surface area contributed by atoms with Crippen molar-refractivity contribution in [3.63, 3.8) is 0 Å². The van der Waals surface area contributed by atoms with Crippen LogP contribution in [0, 0.1) is 28.9 Å². The maximum absolute atomic E-state index is 13.3. The monoisotopic (exact) mass is 380 g/mol. The van der Waals surface area contributed by atoms with E-state index >= 15 is 0 Å². The Bertz CT molecular complexity index is 882. The van der Waals surface area contributed by atoms with E-state index in [2.05, 4.69) is 5.32 Å². The molecule has 25 heavy (non-hydrogen) atoms. The average molecular weight is 381 g/mol. The zero-order valence-corrected chi connectivity index (χ0v) is 14.3. The number of nitrogens with one attached hydrogen (secondary N) is 1. The van der Waals surface area contributed by atoms with Crippen molar-refractivity contribution in [1.29, 1.82) is 5.26 Å². The molecule has 0 aromatic heterocycles. The molecule has 128 valence electrons. The van der Waals surface area contributed by atoms with Crippen molar-refractivity contribution >= 4 is 29.1 Å². The SMILES string of the molecule is N#CC(NC(=O)C1CC1c1ccc(F)c(F)c1)c1ccc(Cl)c(Cl)c1. The van der Waals surface area contributed by atoms with Gasteiger partial charge in [0.05, 0.1) is 16.1 Å². The van der Waals surface area contributed by atoms with Crippen LogP contribution in [0.25, 0.3) is 0 Å². The van der Waals surface area contributed by atoms with Gasteiger partial charge < -0.3 is 5.32 Å². The summed E-state index contributed by atoms with van der Waals surface area (Å²) in [7, 11) is 0. The van der Waals surface area contributed by atoms with Crippen LogP contribution in [0.1, 0.15) is 29.5 Å². The average Bonchev–Trinajstić information content (AvgIpc) is 3.38. The van der Waals surface area contributed by atoms with Gasteiger partial charge in [-0.2, -0.15) is 5.26 Å². The second-order valence-electron chi connectivity index (χ2n) is 5.87. The van der Waals surface area contributed by atoms with Crippen molar-refractivity contribution < 1.29 is 13.6 Å². The molecule has 3 rings (SSSR count). The molecule has 0 saturated heterocycles. The van der Waals surface area contributed by atoms with Crippen LogP contribution in [0.4, 0.5) is 8.78 Å². The van der Waals surface area contributed by atoms with E-state index < -0.39 is 17.7 Å². The van der Waals surface area contributed by atoms with Gasteiger partial charge in [0.2, 0.25) is 5.91 Å². The van der Waals surface area contributed by atoms with Gasteiger partial charge in [-0.05, 0) is 47.7 Å². The quantitative estimate of drug-likeness (QED) is 0.831. The first-order chi connectivity index (χ1) is 11.9. The Morgan fingerprint density at radius 1 is 1.16 bits per heavy atom. The molecule has 1 saturated carbocycles. The number of rotatable bonds is 4. The Morgan fingerprint density at radius 2 is 1.92 bits per heavy atom. The van der Waals surface area contributed by atoms with Crippen molar-refractivity contribution in [3.05, 3.63) is 69.2 Å². The standard InChI is InChI=1S/C18H12Cl2F2N2O/c19-13-3-1-10(5-14(13)20)17(8-23)24-18(25)12-7-11(12)9-2-4-15(21)16(22)6-9/h1-6,11-12,17H,7H2,(H,24,25). The van der Waals surface area contributed by atoms with E-state index in [9.17, 15) is 18.8 Å². The summed E-state index contributed by atoms with van der Waals surface area (Å²) >= 11 is 11.8. The fourth-order valence-corrected chi connectivity index (χ4v) is 3.03. The Balaban J connectivity index is 1.68. The summed E-state index contributed by atoms with van der Waals surface area (Å²) in [5, 5.41) is 12.6. The van der Waals surface area contributed by atoms with Gasteiger partial charge in [-0.3, -0.25) is 4.79 Å². The number of hydrogen-bond acceptors (Lipinski definition) is 2. The van der Waals surface area contributed by atoms with E-state index in [0.29, 0.717) is 27.6 Å². The molecule has 2 aromatic rings. The molecule has 3 atom stereocenters. The van der Waals surface area contributed by atoms with Gasteiger partial charge in [0.1, 0.15) is 6.04 Å². The molecule has 0 aliphatic heterocycles. The third-order valence-electron chi connectivity index (χ3n) is 4.19. The zero-order chi connectivity index (χ0) is 18.1. The molecule has 1 aliphatic carbocycles. The summed E-state index contributed by atoms with van der Waals surface area (Å²) in [4.78, 5) is 12.3. The van der Waals surface area contributed by atoms with Crippen LogP contribution in [-0.4, -0.2) is 5.91 Å². The lowest BCUT2D eigenvalue weighted by Crippen LogP contribution is -2.29. The first-order valence-electron chi connectivity index (χ1n) is 7.50. The van der Waals surface area contributed by atoms with E-state index in [1.807, 2.05) is 6.07 Å². The van der Waals surface area contributed by atoms with Crippen LogP contribution in [0.5, 0.6) is 0 Å². The minimum absolute atomic E-state index is 0.178. The number of nitriles is 1. The van der Waals surface area contributed by atoms with Crippen LogP contribution in [0.15, 0.2) is 36.4 Å². The lowest BCUT2D eigenvalue weighted by atomic mass is 10.1. The van der Waals surface area contributed by atoms with Gasteiger partial charge in [0, 0.05) is 5.92 Å². The maximum atomic E-state index is 13.3. The van der Waals surface area contributed by atoms with Crippen molar-refractivity contribution in [2.24, 2.45) is 5.92 Å². The second kappa shape index (κ2) is 6.99. The van der Waals surface area contributed by atoms with Crippen LogP contribution in [0.2, 0.25) is 10.0 Å². The normalized spacial score (nSPS) is 19.8. The number of hydrogen-bond donors (Lipinski definition) is 1. The molecule has 3 nitrogen and oxygen atoms in total. The predicted molar refractivity (Wildman–Crippen MR) is 90.2 cm³/mol. The Kier molecular flexibility index (Phi) is 4.94. The fraction of sp³-hybridized carbons (Fsp3) is 0.222. The molecule has 1 N–H and O–H groups in total. The first-order valence-corrected chi connectivity index (χ1v) is 8.26. The van der Waals surface area contributed by atoms with Gasteiger partial charge in [-0.1, -0.05) is 35.3 Å². The van der Waals surface area contributed by atoms with E-state index in [-0.39, 0.29) is 17.7 Å². The number of amides is 1. The van der Waals surface area contributed by atoms with Crippen LogP contribution in [-0.2, 0) is 4.79 Å². The number of carbonyl (C=O) groups excluding carboxylic acids is 1. The largest absolute Gasteiger partial charge is 0.336 e. The van der Waals surface area contributed by atoms with E-state index in [4.69, 9.17) is 23.2 Å². The Morgan fingerprint density at radius 3 is 2.56 bits per heavy atom. The zero-order valence-electron chi connectivity index (χ0n) is 12.8. The molecule has 7 heteroatoms. The Labute approximate surface area is 153 Å². The minimum Gasteiger partial charge on any atom is -0.336 e. The van der Waals surface area contributed by atoms with E-state index in [1.54, 1.807) is 12.1 Å². The van der Waals surface area contributed by atoms with Gasteiger partial charge in [0.15, 0.2) is 11.6 Å². The molecule has 0 spiro atoms. The number of nitrogens with zero attached hydrogens (tertiary/aromatic N) is 1. The summed E-state index contributed by atoms with van der Waals surface area (Å²) in [6.07, 6.45) is 0.524. The molecule has 1 fully saturated rings. The highest BCUT2D eigenvalue weighted by molar-refractivity contribution is 6.42. The first kappa shape index (κ1) is 17.7. The van der Waals surface area contributed by atoms with Crippen molar-refractivity contribution in [2.45, 2.75) is 18.4 Å². The second-order valence-corrected chi connectivity index (χ2v) is 6.68. The third-order valence-corrected chi connectivity index (χ3v) is 4.93. The van der Waals surface area contributed by atoms with Crippen LogP contribution >= 0.6 is 23.2 Å². The molecule has 1 amide bonds. The highest BCUT2D eigenvalue weighted by Gasteiger charge is 2.44. The summed E-state index contributed by atoms with van der Waals surface area (Å²) < 4.78 is 26.3. The summed E-state index contributed by atoms with van der Waals surface area (Å²) in [5.41, 5.74) is 1.09. The minimum atomic E-state index is -0.936. The van der Waals surface area contributed by atoms with Gasteiger partial charge >= 0.3 is 0 Å². The van der Waals surface area contributed by atoms with E-state index in [1.165, 1.54) is 12.1 Å². The summed E-state index contributed by atoms with van der Waals surface area (Å²) in [5.74, 6) is -2.72. The smallest absolute Gasteiger partial charge is 0.225 e. The van der Waals surface area contributed by atoms with Crippen molar-refractivity contribution in [1.82, 2.24) is 5.32 Å². The summed E-state index contributed by atoms with van der Waals surface area (Å²) in [6, 6.07) is 9.45. The Hall–Kier alpha value is -2.16. The molecule has 1 aliphatic rings. The lowest BCUT2D eigenvalue weighted by Gasteiger charge is -2.13. The van der Waals surface area contributed by atoms with Crippen molar-refractivity contribution in [3.8, 4) is 6.07 Å². The van der Waals surface area contributed by atoms with Gasteiger partial charge in [0.25, 0.3) is 0 Å². The molecule has 3 unspecified atom stereocenters.